The van der Waals surface area contributed by atoms with Gasteiger partial charge in [-0.25, -0.2) is 4.98 Å². The zero-order chi connectivity index (χ0) is 15.0. The highest BCUT2D eigenvalue weighted by Crippen LogP contribution is 2.32. The van der Waals surface area contributed by atoms with E-state index in [1.165, 1.54) is 6.20 Å². The first kappa shape index (κ1) is 14.2. The van der Waals surface area contributed by atoms with E-state index in [0.29, 0.717) is 19.4 Å². The second-order valence-electron chi connectivity index (χ2n) is 4.06. The first-order chi connectivity index (χ1) is 10.1. The maximum Gasteiger partial charge on any atom is 0.263 e. The van der Waals surface area contributed by atoms with Gasteiger partial charge in [0.15, 0.2) is 10.8 Å². The predicted octanol–water partition coefficient (Wildman–Crippen LogP) is 3.68. The van der Waals surface area contributed by atoms with Gasteiger partial charge in [-0.15, -0.1) is 0 Å². The van der Waals surface area contributed by atoms with Gasteiger partial charge >= 0.3 is 0 Å². The smallest absolute Gasteiger partial charge is 0.263 e. The van der Waals surface area contributed by atoms with Crippen molar-refractivity contribution in [2.45, 2.75) is 0 Å². The molecule has 2 N–H and O–H groups in total. The molecule has 3 rings (SSSR count). The molecule has 106 valence electrons. The lowest BCUT2D eigenvalue weighted by molar-refractivity contribution is 0.454. The number of hydrogen-bond donors (Lipinski definition) is 2. The van der Waals surface area contributed by atoms with E-state index < -0.39 is 5.56 Å². The van der Waals surface area contributed by atoms with Gasteiger partial charge in [-0.05, 0) is 6.07 Å². The summed E-state index contributed by atoms with van der Waals surface area (Å²) in [7, 11) is 0. The molecular weight excluding hydrogens is 378 g/mol. The van der Waals surface area contributed by atoms with Gasteiger partial charge in [-0.2, -0.15) is 4.98 Å². The van der Waals surface area contributed by atoms with Crippen molar-refractivity contribution >= 4 is 38.9 Å². The average molecular weight is 385 g/mol. The third-order valence-electron chi connectivity index (χ3n) is 2.72. The van der Waals surface area contributed by atoms with Crippen molar-refractivity contribution in [3.8, 4) is 27.8 Å². The molecule has 1 aromatic carbocycles. The summed E-state index contributed by atoms with van der Waals surface area (Å²) in [6.07, 6.45) is 1.46. The highest BCUT2D eigenvalue weighted by molar-refractivity contribution is 9.10. The van der Waals surface area contributed by atoms with Gasteiger partial charge < -0.3 is 10.1 Å². The fourth-order valence-corrected chi connectivity index (χ4v) is 3.17. The van der Waals surface area contributed by atoms with Gasteiger partial charge in [0.25, 0.3) is 5.56 Å². The van der Waals surface area contributed by atoms with E-state index in [9.17, 15) is 9.90 Å². The van der Waals surface area contributed by atoms with Crippen molar-refractivity contribution in [3.63, 3.8) is 0 Å². The number of H-pyrrole nitrogens is 1. The number of nitrogens with zero attached hydrogens (tertiary/aromatic N) is 2. The summed E-state index contributed by atoms with van der Waals surface area (Å²) in [4.78, 5) is 22.9. The van der Waals surface area contributed by atoms with Crippen LogP contribution in [0.1, 0.15) is 0 Å². The molecule has 0 saturated carbocycles. The van der Waals surface area contributed by atoms with E-state index in [-0.39, 0.29) is 17.3 Å². The van der Waals surface area contributed by atoms with Gasteiger partial charge in [0.05, 0.1) is 6.20 Å². The number of benzene rings is 1. The lowest BCUT2D eigenvalue weighted by Gasteiger charge is -2.06. The monoisotopic (exact) mass is 383 g/mol. The fourth-order valence-electron chi connectivity index (χ4n) is 1.83. The molecule has 0 fully saturated rings. The van der Waals surface area contributed by atoms with E-state index in [1.54, 1.807) is 18.2 Å². The lowest BCUT2D eigenvalue weighted by atomic mass is 10.1. The van der Waals surface area contributed by atoms with Crippen LogP contribution < -0.4 is 5.56 Å². The number of aromatic amines is 1. The number of aromatic nitrogens is 3. The molecule has 0 radical (unpaired) electrons. The van der Waals surface area contributed by atoms with Crippen LogP contribution >= 0.6 is 38.9 Å². The van der Waals surface area contributed by atoms with E-state index in [0.717, 1.165) is 11.3 Å². The molecule has 0 aliphatic rings. The third-order valence-corrected chi connectivity index (χ3v) is 4.54. The van der Waals surface area contributed by atoms with Crippen molar-refractivity contribution in [1.29, 1.82) is 0 Å². The Morgan fingerprint density at radius 1 is 1.33 bits per heavy atom. The molecule has 0 aliphatic carbocycles. The van der Waals surface area contributed by atoms with Gasteiger partial charge in [-0.3, -0.25) is 4.79 Å². The lowest BCUT2D eigenvalue weighted by Crippen LogP contribution is -2.12. The molecule has 0 saturated heterocycles. The number of hydrogen-bond acceptors (Lipinski definition) is 5. The van der Waals surface area contributed by atoms with Crippen LogP contribution in [0, 0.1) is 0 Å². The van der Waals surface area contributed by atoms with Crippen molar-refractivity contribution < 1.29 is 5.11 Å². The summed E-state index contributed by atoms with van der Waals surface area (Å²) in [5.74, 6) is -0.169. The number of halogens is 2. The maximum atomic E-state index is 12.3. The Labute approximate surface area is 136 Å². The fraction of sp³-hybridized carbons (Fsp3) is 0. The highest BCUT2D eigenvalue weighted by atomic mass is 79.9. The topological polar surface area (TPSA) is 78.9 Å². The molecule has 0 unspecified atom stereocenters. The molecule has 0 amide bonds. The van der Waals surface area contributed by atoms with Gasteiger partial charge in [0.1, 0.15) is 9.90 Å². The Morgan fingerprint density at radius 2 is 2.10 bits per heavy atom. The standard InChI is InChI=1S/C13H7BrClN3O2S/c14-7-4-2-1-3-6(7)9-11(19)17-10(18-12(9)20)13-16-5-8(15)21-13/h1-5H,(H2,17,18,19,20). The Kier molecular flexibility index (Phi) is 3.79. The molecular formula is C13H7BrClN3O2S. The second kappa shape index (κ2) is 5.59. The van der Waals surface area contributed by atoms with Gasteiger partial charge in [0.2, 0.25) is 5.88 Å². The first-order valence-corrected chi connectivity index (χ1v) is 7.75. The summed E-state index contributed by atoms with van der Waals surface area (Å²) in [5, 5.41) is 10.5. The maximum absolute atomic E-state index is 12.3. The normalized spacial score (nSPS) is 10.8. The van der Waals surface area contributed by atoms with Gasteiger partial charge in [0, 0.05) is 10.0 Å². The van der Waals surface area contributed by atoms with E-state index in [4.69, 9.17) is 11.6 Å². The minimum atomic E-state index is -0.448. The molecule has 2 heterocycles. The van der Waals surface area contributed by atoms with Gasteiger partial charge in [-0.1, -0.05) is 57.1 Å². The summed E-state index contributed by atoms with van der Waals surface area (Å²) >= 11 is 10.3. The number of aromatic hydroxyl groups is 1. The largest absolute Gasteiger partial charge is 0.493 e. The highest BCUT2D eigenvalue weighted by Gasteiger charge is 2.17. The molecule has 5 nitrogen and oxygen atoms in total. The van der Waals surface area contributed by atoms with E-state index in [1.807, 2.05) is 6.07 Å². The van der Waals surface area contributed by atoms with Crippen molar-refractivity contribution in [1.82, 2.24) is 15.0 Å². The van der Waals surface area contributed by atoms with Crippen LogP contribution in [0.4, 0.5) is 0 Å². The number of nitrogens with one attached hydrogen (secondary N) is 1. The Hall–Kier alpha value is -1.70. The summed E-state index contributed by atoms with van der Waals surface area (Å²) in [6, 6.07) is 7.09. The summed E-state index contributed by atoms with van der Waals surface area (Å²) < 4.78 is 1.17. The third kappa shape index (κ3) is 2.72. The van der Waals surface area contributed by atoms with Crippen molar-refractivity contribution in [2.75, 3.05) is 0 Å². The van der Waals surface area contributed by atoms with Crippen LogP contribution in [-0.4, -0.2) is 20.1 Å². The van der Waals surface area contributed by atoms with Crippen LogP contribution in [-0.2, 0) is 0 Å². The first-order valence-electron chi connectivity index (χ1n) is 5.76. The van der Waals surface area contributed by atoms with E-state index in [2.05, 4.69) is 30.9 Å². The van der Waals surface area contributed by atoms with Crippen LogP contribution in [0.3, 0.4) is 0 Å². The summed E-state index contributed by atoms with van der Waals surface area (Å²) in [5.41, 5.74) is 0.220. The number of thiazole rings is 1. The minimum absolute atomic E-state index is 0.105. The van der Waals surface area contributed by atoms with Crippen LogP contribution in [0.25, 0.3) is 22.0 Å². The van der Waals surface area contributed by atoms with E-state index >= 15 is 0 Å². The average Bonchev–Trinajstić information content (AvgIpc) is 2.87. The van der Waals surface area contributed by atoms with Crippen molar-refractivity contribution in [2.24, 2.45) is 0 Å². The molecule has 0 spiro atoms. The quantitative estimate of drug-likeness (QED) is 0.706. The number of rotatable bonds is 2. The second-order valence-corrected chi connectivity index (χ2v) is 6.58. The van der Waals surface area contributed by atoms with Crippen LogP contribution in [0.5, 0.6) is 5.88 Å². The predicted molar refractivity (Wildman–Crippen MR) is 85.8 cm³/mol. The Balaban J connectivity index is 2.18. The molecule has 0 atom stereocenters. The van der Waals surface area contributed by atoms with Crippen LogP contribution in [0.2, 0.25) is 4.34 Å². The Bertz CT molecular complexity index is 878. The molecule has 21 heavy (non-hydrogen) atoms. The Morgan fingerprint density at radius 3 is 2.71 bits per heavy atom. The molecule has 0 bridgehead atoms. The molecule has 3 aromatic rings. The zero-order valence-corrected chi connectivity index (χ0v) is 13.5. The SMILES string of the molecule is O=c1[nH]c(-c2ncc(Cl)s2)nc(O)c1-c1ccccc1Br. The molecule has 2 aromatic heterocycles. The zero-order valence-electron chi connectivity index (χ0n) is 10.3. The molecule has 0 aliphatic heterocycles. The minimum Gasteiger partial charge on any atom is -0.493 e. The molecule has 8 heteroatoms. The van der Waals surface area contributed by atoms with Crippen molar-refractivity contribution in [3.05, 3.63) is 49.6 Å². The summed E-state index contributed by atoms with van der Waals surface area (Å²) in [6.45, 7) is 0. The van der Waals surface area contributed by atoms with Crippen LogP contribution in [0.15, 0.2) is 39.7 Å².